The number of H-pyrrole nitrogens is 1. The van der Waals surface area contributed by atoms with Gasteiger partial charge >= 0.3 is 5.82 Å². The van der Waals surface area contributed by atoms with Gasteiger partial charge in [-0.1, -0.05) is 0 Å². The lowest BCUT2D eigenvalue weighted by atomic mass is 10.1. The summed E-state index contributed by atoms with van der Waals surface area (Å²) in [5.74, 6) is 1.09. The summed E-state index contributed by atoms with van der Waals surface area (Å²) in [6, 6.07) is 6.86. The minimum atomic E-state index is -0.534. The van der Waals surface area contributed by atoms with Gasteiger partial charge in [0.1, 0.15) is 11.6 Å². The normalized spacial score (nSPS) is 11.2. The molecule has 0 spiro atoms. The molecule has 2 aromatic heterocycles. The van der Waals surface area contributed by atoms with Crippen molar-refractivity contribution in [3.8, 4) is 5.75 Å². The Balaban J connectivity index is 1.88. The van der Waals surface area contributed by atoms with Gasteiger partial charge < -0.3 is 14.9 Å². The van der Waals surface area contributed by atoms with Crippen LogP contribution in [0.25, 0.3) is 0 Å². The van der Waals surface area contributed by atoms with E-state index >= 15 is 0 Å². The maximum Gasteiger partial charge on any atom is 0.389 e. The van der Waals surface area contributed by atoms with Crippen LogP contribution in [0, 0.1) is 21.8 Å². The number of ether oxygens (including phenoxy) is 1. The first-order valence-corrected chi connectivity index (χ1v) is 7.92. The van der Waals surface area contributed by atoms with E-state index in [0.717, 1.165) is 11.1 Å². The second-order valence-electron chi connectivity index (χ2n) is 5.33. The van der Waals surface area contributed by atoms with E-state index in [0.29, 0.717) is 22.9 Å². The molecule has 134 valence electrons. The molecule has 0 amide bonds. The Morgan fingerprint density at radius 2 is 2.27 bits per heavy atom. The second kappa shape index (κ2) is 7.27. The molecule has 0 aliphatic heterocycles. The largest absolute Gasteiger partial charge is 0.496 e. The molecule has 0 bridgehead atoms. The first-order valence-electron chi connectivity index (χ1n) is 7.51. The summed E-state index contributed by atoms with van der Waals surface area (Å²) in [5, 5.41) is 25.6. The summed E-state index contributed by atoms with van der Waals surface area (Å²) in [4.78, 5) is 10.2. The molecule has 1 aromatic carbocycles. The van der Waals surface area contributed by atoms with E-state index in [-0.39, 0.29) is 5.82 Å². The number of nitrogens with one attached hydrogen (secondary N) is 1. The zero-order valence-electron chi connectivity index (χ0n) is 14.0. The molecular weight excluding hydrogens is 358 g/mol. The van der Waals surface area contributed by atoms with E-state index in [2.05, 4.69) is 20.4 Å². The van der Waals surface area contributed by atoms with Gasteiger partial charge in [-0.25, -0.2) is 0 Å². The monoisotopic (exact) mass is 373 g/mol. The van der Waals surface area contributed by atoms with Gasteiger partial charge in [-0.05, 0) is 47.8 Å². The van der Waals surface area contributed by atoms with Crippen LogP contribution < -0.4 is 4.74 Å². The van der Waals surface area contributed by atoms with Gasteiger partial charge in [-0.3, -0.25) is 5.10 Å². The molecule has 10 nitrogen and oxygen atoms in total. The maximum absolute atomic E-state index is 10.8. The Morgan fingerprint density at radius 1 is 1.46 bits per heavy atom. The van der Waals surface area contributed by atoms with Crippen molar-refractivity contribution in [2.24, 2.45) is 5.10 Å². The molecule has 1 N–H and O–H groups in total. The van der Waals surface area contributed by atoms with E-state index < -0.39 is 4.92 Å². The lowest BCUT2D eigenvalue weighted by molar-refractivity contribution is -0.389. The van der Waals surface area contributed by atoms with Crippen LogP contribution in [0.2, 0.25) is 0 Å². The highest BCUT2D eigenvalue weighted by Gasteiger charge is 2.13. The smallest absolute Gasteiger partial charge is 0.389 e. The number of aromatic nitrogens is 5. The molecule has 0 saturated heterocycles. The van der Waals surface area contributed by atoms with Crippen LogP contribution in [-0.4, -0.2) is 42.9 Å². The number of nitrogens with zero attached hydrogens (tertiary/aromatic N) is 6. The summed E-state index contributed by atoms with van der Waals surface area (Å²) in [6.45, 7) is 2.11. The van der Waals surface area contributed by atoms with Crippen molar-refractivity contribution in [2.45, 2.75) is 13.5 Å². The molecule has 26 heavy (non-hydrogen) atoms. The Morgan fingerprint density at radius 3 is 2.88 bits per heavy atom. The number of hydrogen-bond acceptors (Lipinski definition) is 7. The predicted molar refractivity (Wildman–Crippen MR) is 96.1 cm³/mol. The number of aromatic amines is 1. The lowest BCUT2D eigenvalue weighted by Crippen LogP contribution is -2.04. The zero-order valence-corrected chi connectivity index (χ0v) is 14.8. The molecule has 3 rings (SSSR count). The lowest BCUT2D eigenvalue weighted by Gasteiger charge is -2.08. The molecule has 0 unspecified atom stereocenters. The molecule has 0 fully saturated rings. The van der Waals surface area contributed by atoms with Gasteiger partial charge in [0, 0.05) is 5.56 Å². The quantitative estimate of drug-likeness (QED) is 0.307. The minimum absolute atomic E-state index is 0.202. The van der Waals surface area contributed by atoms with Crippen LogP contribution in [-0.2, 0) is 6.54 Å². The summed E-state index contributed by atoms with van der Waals surface area (Å²) < 4.78 is 8.75. The van der Waals surface area contributed by atoms with Gasteiger partial charge in [0.25, 0.3) is 0 Å². The fourth-order valence-electron chi connectivity index (χ4n) is 2.34. The third-order valence-corrected chi connectivity index (χ3v) is 3.85. The highest BCUT2D eigenvalue weighted by Crippen LogP contribution is 2.21. The number of methoxy groups -OCH3 is 1. The van der Waals surface area contributed by atoms with Gasteiger partial charge in [-0.2, -0.15) is 19.6 Å². The predicted octanol–water partition coefficient (Wildman–Crippen LogP) is 2.29. The molecular formula is C15H15N7O3S. The van der Waals surface area contributed by atoms with Gasteiger partial charge in [0.05, 0.1) is 37.2 Å². The van der Waals surface area contributed by atoms with Crippen molar-refractivity contribution >= 4 is 24.3 Å². The highest BCUT2D eigenvalue weighted by molar-refractivity contribution is 7.71. The first kappa shape index (κ1) is 17.5. The van der Waals surface area contributed by atoms with Crippen molar-refractivity contribution in [3.63, 3.8) is 0 Å². The summed E-state index contributed by atoms with van der Waals surface area (Å²) in [7, 11) is 1.56. The Labute approximate surface area is 152 Å². The van der Waals surface area contributed by atoms with Crippen LogP contribution in [0.15, 0.2) is 35.6 Å². The Bertz CT molecular complexity index is 1030. The average Bonchev–Trinajstić information content (AvgIpc) is 3.21. The van der Waals surface area contributed by atoms with E-state index in [1.165, 1.54) is 15.4 Å². The highest BCUT2D eigenvalue weighted by atomic mass is 32.1. The van der Waals surface area contributed by atoms with Gasteiger partial charge in [-0.15, -0.1) is 0 Å². The van der Waals surface area contributed by atoms with Gasteiger partial charge in [0.2, 0.25) is 4.77 Å². The Hall–Kier alpha value is -3.34. The van der Waals surface area contributed by atoms with Crippen LogP contribution in [0.5, 0.6) is 5.75 Å². The van der Waals surface area contributed by atoms with Gasteiger partial charge in [0.15, 0.2) is 0 Å². The van der Waals surface area contributed by atoms with E-state index in [4.69, 9.17) is 17.0 Å². The summed E-state index contributed by atoms with van der Waals surface area (Å²) >= 11 is 5.11. The molecule has 2 heterocycles. The molecule has 0 aliphatic carbocycles. The molecule has 3 aromatic rings. The van der Waals surface area contributed by atoms with E-state index in [1.54, 1.807) is 32.5 Å². The molecule has 0 radical (unpaired) electrons. The second-order valence-corrected chi connectivity index (χ2v) is 5.72. The van der Waals surface area contributed by atoms with Crippen molar-refractivity contribution in [1.82, 2.24) is 24.7 Å². The number of nitro groups is 1. The molecule has 0 aliphatic rings. The minimum Gasteiger partial charge on any atom is -0.496 e. The van der Waals surface area contributed by atoms with E-state index in [1.807, 2.05) is 12.1 Å². The first-order chi connectivity index (χ1) is 12.5. The standard InChI is InChI=1S/C15H15N7O3S/c1-10-17-18-15(26)21(10)16-8-11-3-4-13(25-2)12(7-11)9-20-6-5-14(19-20)22(23)24/h3-8H,9H2,1-2H3,(H,18,26)/b16-8+. The van der Waals surface area contributed by atoms with E-state index in [9.17, 15) is 10.1 Å². The number of benzene rings is 1. The van der Waals surface area contributed by atoms with Crippen molar-refractivity contribution in [3.05, 3.63) is 62.3 Å². The number of rotatable bonds is 6. The van der Waals surface area contributed by atoms with Crippen LogP contribution in [0.1, 0.15) is 17.0 Å². The third kappa shape index (κ3) is 3.67. The van der Waals surface area contributed by atoms with Crippen LogP contribution in [0.3, 0.4) is 0 Å². The molecule has 11 heteroatoms. The Kier molecular flexibility index (Phi) is 4.89. The maximum atomic E-state index is 10.8. The number of hydrogen-bond donors (Lipinski definition) is 1. The fourth-order valence-corrected chi connectivity index (χ4v) is 2.57. The third-order valence-electron chi connectivity index (χ3n) is 3.58. The fraction of sp³-hybridized carbons (Fsp3) is 0.200. The SMILES string of the molecule is COc1ccc(/C=N/n2c(C)n[nH]c2=S)cc1Cn1ccc([N+](=O)[O-])n1. The topological polar surface area (TPSA) is 116 Å². The van der Waals surface area contributed by atoms with Crippen LogP contribution in [0.4, 0.5) is 5.82 Å². The molecule has 0 saturated carbocycles. The zero-order chi connectivity index (χ0) is 18.7. The van der Waals surface area contributed by atoms with Crippen molar-refractivity contribution in [1.29, 1.82) is 0 Å². The summed E-state index contributed by atoms with van der Waals surface area (Å²) in [6.07, 6.45) is 3.19. The van der Waals surface area contributed by atoms with Crippen LogP contribution >= 0.6 is 12.2 Å². The van der Waals surface area contributed by atoms with Crippen molar-refractivity contribution in [2.75, 3.05) is 7.11 Å². The summed E-state index contributed by atoms with van der Waals surface area (Å²) in [5.41, 5.74) is 1.62. The number of aryl methyl sites for hydroxylation is 1. The average molecular weight is 373 g/mol. The molecule has 0 atom stereocenters. The van der Waals surface area contributed by atoms with Crippen molar-refractivity contribution < 1.29 is 9.66 Å².